The first kappa shape index (κ1) is 17.0. The molecule has 0 saturated carbocycles. The van der Waals surface area contributed by atoms with E-state index < -0.39 is 31.1 Å². The third kappa shape index (κ3) is 1.67. The molecule has 9 nitrogen and oxygen atoms in total. The summed E-state index contributed by atoms with van der Waals surface area (Å²) in [5.41, 5.74) is -1.36. The van der Waals surface area contributed by atoms with Gasteiger partial charge in [0.2, 0.25) is 10.8 Å². The fraction of sp³-hybridized carbons (Fsp3) is 0.278. The number of thioether (sulfide) groups is 1. The number of ether oxygens (including phenoxy) is 1. The standard InChI is InChI=1S/C18H13N3O6S/c1-16-14-12-9-11(20(23)24)7-8-13(12)27-18(14,21(25)26)17(28-16,19-15(16)22)10-5-3-2-4-6-10/h2-9,14H,1H3,(H,19,22)/t14-,16+,17-,18-/m1/s1. The molecule has 3 aliphatic heterocycles. The van der Waals surface area contributed by atoms with E-state index in [2.05, 4.69) is 5.32 Å². The Morgan fingerprint density at radius 2 is 1.86 bits per heavy atom. The van der Waals surface area contributed by atoms with Gasteiger partial charge in [0, 0.05) is 17.7 Å². The molecule has 2 bridgehead atoms. The van der Waals surface area contributed by atoms with E-state index in [1.165, 1.54) is 18.2 Å². The minimum Gasteiger partial charge on any atom is -0.424 e. The van der Waals surface area contributed by atoms with Crippen molar-refractivity contribution >= 4 is 23.4 Å². The largest absolute Gasteiger partial charge is 0.424 e. The number of nitrogens with zero attached hydrogens (tertiary/aromatic N) is 2. The van der Waals surface area contributed by atoms with Gasteiger partial charge in [-0.2, -0.15) is 0 Å². The van der Waals surface area contributed by atoms with Crippen LogP contribution in [0.3, 0.4) is 0 Å². The van der Waals surface area contributed by atoms with Crippen molar-refractivity contribution in [3.05, 3.63) is 79.9 Å². The number of carbonyl (C=O) groups is 1. The summed E-state index contributed by atoms with van der Waals surface area (Å²) in [6.45, 7) is 1.63. The van der Waals surface area contributed by atoms with Crippen molar-refractivity contribution in [2.75, 3.05) is 0 Å². The van der Waals surface area contributed by atoms with E-state index in [0.29, 0.717) is 11.1 Å². The maximum absolute atomic E-state index is 12.9. The Balaban J connectivity index is 1.82. The number of carbonyl (C=O) groups excluding carboxylic acids is 1. The van der Waals surface area contributed by atoms with Crippen LogP contribution in [0, 0.1) is 20.2 Å². The van der Waals surface area contributed by atoms with E-state index >= 15 is 0 Å². The number of nitro benzene ring substituents is 1. The van der Waals surface area contributed by atoms with Gasteiger partial charge >= 0.3 is 5.72 Å². The summed E-state index contributed by atoms with van der Waals surface area (Å²) < 4.78 is 4.74. The maximum atomic E-state index is 12.9. The average Bonchev–Trinajstić information content (AvgIpc) is 3.24. The lowest BCUT2D eigenvalue weighted by Crippen LogP contribution is -2.68. The molecule has 3 aliphatic rings. The lowest BCUT2D eigenvalue weighted by atomic mass is 9.72. The molecule has 2 fully saturated rings. The van der Waals surface area contributed by atoms with Gasteiger partial charge in [0.05, 0.1) is 9.85 Å². The highest BCUT2D eigenvalue weighted by Crippen LogP contribution is 2.74. The second-order valence-corrected chi connectivity index (χ2v) is 8.84. The Labute approximate surface area is 162 Å². The Hall–Kier alpha value is -3.14. The summed E-state index contributed by atoms with van der Waals surface area (Å²) in [5.74, 6) is -1.15. The van der Waals surface area contributed by atoms with Crippen LogP contribution in [0.25, 0.3) is 0 Å². The molecule has 2 aromatic rings. The molecule has 0 spiro atoms. The van der Waals surface area contributed by atoms with Crippen molar-refractivity contribution in [2.24, 2.45) is 0 Å². The first-order valence-electron chi connectivity index (χ1n) is 8.46. The second kappa shape index (κ2) is 5.02. The van der Waals surface area contributed by atoms with Crippen molar-refractivity contribution in [2.45, 2.75) is 28.2 Å². The minimum absolute atomic E-state index is 0.190. The molecule has 2 saturated heterocycles. The van der Waals surface area contributed by atoms with Crippen LogP contribution in [0.4, 0.5) is 5.69 Å². The van der Waals surface area contributed by atoms with Gasteiger partial charge in [-0.25, -0.2) is 0 Å². The van der Waals surface area contributed by atoms with Crippen LogP contribution < -0.4 is 10.1 Å². The molecule has 1 N–H and O–H groups in total. The molecule has 10 heteroatoms. The van der Waals surface area contributed by atoms with Gasteiger partial charge in [-0.15, -0.1) is 0 Å². The number of non-ortho nitro benzene ring substituents is 1. The summed E-state index contributed by atoms with van der Waals surface area (Å²) >= 11 is 1.14. The monoisotopic (exact) mass is 399 g/mol. The topological polar surface area (TPSA) is 125 Å². The van der Waals surface area contributed by atoms with Gasteiger partial charge in [-0.05, 0) is 18.6 Å². The SMILES string of the molecule is C[C@@]12S[C@@](c3ccccc3)(NC1=O)[C@]1([N+](=O)[O-])Oc3ccc([N+](=O)[O-])cc3[C@H]21. The van der Waals surface area contributed by atoms with Gasteiger partial charge < -0.3 is 10.1 Å². The summed E-state index contributed by atoms with van der Waals surface area (Å²) in [7, 11) is 0. The normalized spacial score (nSPS) is 34.3. The Bertz CT molecular complexity index is 1080. The van der Waals surface area contributed by atoms with Crippen LogP contribution in [-0.4, -0.2) is 26.2 Å². The second-order valence-electron chi connectivity index (χ2n) is 7.18. The molecule has 2 aromatic carbocycles. The number of hydrogen-bond donors (Lipinski definition) is 1. The molecule has 28 heavy (non-hydrogen) atoms. The molecular formula is C18H13N3O6S. The van der Waals surface area contributed by atoms with Crippen molar-refractivity contribution in [1.29, 1.82) is 0 Å². The Morgan fingerprint density at radius 3 is 2.50 bits per heavy atom. The summed E-state index contributed by atoms with van der Waals surface area (Å²) in [5, 5.41) is 26.5. The number of rotatable bonds is 3. The van der Waals surface area contributed by atoms with Crippen LogP contribution in [0.5, 0.6) is 5.75 Å². The predicted molar refractivity (Wildman–Crippen MR) is 98.4 cm³/mol. The molecular weight excluding hydrogens is 386 g/mol. The molecule has 142 valence electrons. The van der Waals surface area contributed by atoms with Gasteiger partial charge in [-0.1, -0.05) is 42.1 Å². The summed E-state index contributed by atoms with van der Waals surface area (Å²) in [6.07, 6.45) is 0. The number of hydrogen-bond acceptors (Lipinski definition) is 7. The van der Waals surface area contributed by atoms with Crippen LogP contribution in [-0.2, 0) is 9.67 Å². The van der Waals surface area contributed by atoms with Gasteiger partial charge in [0.25, 0.3) is 5.69 Å². The highest BCUT2D eigenvalue weighted by Gasteiger charge is 2.89. The van der Waals surface area contributed by atoms with Gasteiger partial charge in [-0.3, -0.25) is 25.0 Å². The average molecular weight is 399 g/mol. The lowest BCUT2D eigenvalue weighted by Gasteiger charge is -2.38. The Morgan fingerprint density at radius 1 is 1.14 bits per heavy atom. The quantitative estimate of drug-likeness (QED) is 0.621. The minimum atomic E-state index is -2.01. The number of fused-ring (bicyclic) bond motifs is 7. The molecule has 0 radical (unpaired) electrons. The zero-order chi connectivity index (χ0) is 19.9. The molecule has 4 atom stereocenters. The van der Waals surface area contributed by atoms with E-state index in [9.17, 15) is 25.0 Å². The smallest absolute Gasteiger partial charge is 0.408 e. The lowest BCUT2D eigenvalue weighted by molar-refractivity contribution is -0.627. The molecule has 0 unspecified atom stereocenters. The van der Waals surface area contributed by atoms with Gasteiger partial charge in [0.1, 0.15) is 16.4 Å². The number of benzene rings is 2. The fourth-order valence-corrected chi connectivity index (χ4v) is 6.62. The highest BCUT2D eigenvalue weighted by molar-refractivity contribution is 8.03. The predicted octanol–water partition coefficient (Wildman–Crippen LogP) is 2.53. The fourth-order valence-electron chi connectivity index (χ4n) is 4.66. The molecule has 1 amide bonds. The first-order valence-corrected chi connectivity index (χ1v) is 9.28. The van der Waals surface area contributed by atoms with Crippen molar-refractivity contribution < 1.29 is 19.4 Å². The molecule has 0 aromatic heterocycles. The third-order valence-electron chi connectivity index (χ3n) is 5.78. The maximum Gasteiger partial charge on any atom is 0.408 e. The van der Waals surface area contributed by atoms with E-state index in [1.807, 2.05) is 0 Å². The van der Waals surface area contributed by atoms with Crippen molar-refractivity contribution in [3.8, 4) is 5.75 Å². The number of nitro groups is 2. The number of nitrogens with one attached hydrogen (secondary N) is 1. The summed E-state index contributed by atoms with van der Waals surface area (Å²) in [4.78, 5) is 34.1. The Kier molecular flexibility index (Phi) is 3.04. The van der Waals surface area contributed by atoms with E-state index in [0.717, 1.165) is 11.8 Å². The van der Waals surface area contributed by atoms with Gasteiger partial charge in [0.15, 0.2) is 0 Å². The highest BCUT2D eigenvalue weighted by atomic mass is 32.2. The number of amides is 1. The van der Waals surface area contributed by atoms with Crippen LogP contribution in [0.1, 0.15) is 24.0 Å². The summed E-state index contributed by atoms with van der Waals surface area (Å²) in [6, 6.07) is 12.6. The number of piperidine rings is 1. The zero-order valence-electron chi connectivity index (χ0n) is 14.4. The third-order valence-corrected chi connectivity index (χ3v) is 7.57. The van der Waals surface area contributed by atoms with Crippen LogP contribution in [0.2, 0.25) is 0 Å². The van der Waals surface area contributed by atoms with Crippen LogP contribution >= 0.6 is 11.8 Å². The molecule has 0 aliphatic carbocycles. The van der Waals surface area contributed by atoms with Crippen LogP contribution in [0.15, 0.2) is 48.5 Å². The van der Waals surface area contributed by atoms with Crippen molar-refractivity contribution in [1.82, 2.24) is 5.32 Å². The van der Waals surface area contributed by atoms with Crippen molar-refractivity contribution in [3.63, 3.8) is 0 Å². The van der Waals surface area contributed by atoms with E-state index in [4.69, 9.17) is 4.74 Å². The zero-order valence-corrected chi connectivity index (χ0v) is 15.3. The van der Waals surface area contributed by atoms with E-state index in [-0.39, 0.29) is 17.3 Å². The first-order chi connectivity index (χ1) is 13.3. The molecule has 3 heterocycles. The van der Waals surface area contributed by atoms with E-state index in [1.54, 1.807) is 37.3 Å². The molecule has 5 rings (SSSR count).